The summed E-state index contributed by atoms with van der Waals surface area (Å²) in [5.41, 5.74) is 14.5. The molecule has 0 aromatic heterocycles. The number of hydrogen-bond acceptors (Lipinski definition) is 4. The number of para-hydroxylation sites is 1. The summed E-state index contributed by atoms with van der Waals surface area (Å²) >= 11 is 0. The van der Waals surface area contributed by atoms with Crippen LogP contribution in [0.3, 0.4) is 0 Å². The van der Waals surface area contributed by atoms with E-state index in [1.165, 1.54) is 33.4 Å². The normalized spacial score (nSPS) is 17.4. The molecule has 50 heavy (non-hydrogen) atoms. The lowest BCUT2D eigenvalue weighted by Crippen LogP contribution is -2.32. The van der Waals surface area contributed by atoms with E-state index in [4.69, 9.17) is 9.73 Å². The third-order valence-corrected chi connectivity index (χ3v) is 10.4. The van der Waals surface area contributed by atoms with Gasteiger partial charge < -0.3 is 15.4 Å². The molecule has 4 aliphatic rings. The minimum atomic E-state index is -0.484. The number of rotatable bonds is 4. The van der Waals surface area contributed by atoms with Crippen LogP contribution in [0.1, 0.15) is 39.5 Å². The lowest BCUT2D eigenvalue weighted by atomic mass is 9.66. The highest BCUT2D eigenvalue weighted by atomic mass is 16.5. The van der Waals surface area contributed by atoms with Crippen molar-refractivity contribution in [2.75, 3.05) is 6.54 Å². The highest BCUT2D eigenvalue weighted by Gasteiger charge is 2.51. The van der Waals surface area contributed by atoms with Crippen LogP contribution in [0.15, 0.2) is 186 Å². The zero-order valence-electron chi connectivity index (χ0n) is 27.3. The van der Waals surface area contributed by atoms with Gasteiger partial charge in [0.15, 0.2) is 0 Å². The molecule has 10 rings (SSSR count). The third-order valence-electron chi connectivity index (χ3n) is 10.4. The van der Waals surface area contributed by atoms with Gasteiger partial charge in [0.05, 0.1) is 22.5 Å². The molecule has 1 atom stereocenters. The molecule has 3 heterocycles. The monoisotopic (exact) mass is 643 g/mol. The number of dihydropyridines is 1. The van der Waals surface area contributed by atoms with Crippen molar-refractivity contribution in [3.05, 3.63) is 215 Å². The first-order chi connectivity index (χ1) is 24.8. The van der Waals surface area contributed by atoms with Gasteiger partial charge in [0.25, 0.3) is 0 Å². The first-order valence-electron chi connectivity index (χ1n) is 17.2. The van der Waals surface area contributed by atoms with Gasteiger partial charge in [0.2, 0.25) is 0 Å². The second-order valence-electron chi connectivity index (χ2n) is 13.1. The summed E-state index contributed by atoms with van der Waals surface area (Å²) < 4.78 is 6.65. The maximum absolute atomic E-state index is 6.65. The van der Waals surface area contributed by atoms with Crippen molar-refractivity contribution in [1.82, 2.24) is 10.6 Å². The number of hydrogen-bond donors (Lipinski definition) is 2. The first-order valence-corrected chi connectivity index (χ1v) is 17.2. The van der Waals surface area contributed by atoms with Crippen LogP contribution < -0.4 is 15.4 Å². The molecule has 0 radical (unpaired) electrons. The van der Waals surface area contributed by atoms with E-state index in [9.17, 15) is 0 Å². The number of ether oxygens (including phenoxy) is 1. The van der Waals surface area contributed by atoms with Gasteiger partial charge in [0.1, 0.15) is 17.7 Å². The van der Waals surface area contributed by atoms with Gasteiger partial charge in [0, 0.05) is 17.7 Å². The minimum Gasteiger partial charge on any atom is -0.457 e. The molecular weight excluding hydrogens is 611 g/mol. The Balaban J connectivity index is 1.08. The Bertz CT molecular complexity index is 2390. The molecule has 6 aromatic rings. The summed E-state index contributed by atoms with van der Waals surface area (Å²) in [6.07, 6.45) is 8.30. The number of fused-ring (bicyclic) bond motifs is 9. The Hall–Kier alpha value is -6.39. The molecule has 4 nitrogen and oxygen atoms in total. The van der Waals surface area contributed by atoms with E-state index in [0.717, 1.165) is 57.4 Å². The fourth-order valence-corrected chi connectivity index (χ4v) is 8.16. The smallest absolute Gasteiger partial charge is 0.145 e. The fraction of sp³-hybridized carbons (Fsp3) is 0.0652. The quantitative estimate of drug-likeness (QED) is 0.201. The van der Waals surface area contributed by atoms with Crippen molar-refractivity contribution in [2.45, 2.75) is 11.6 Å². The van der Waals surface area contributed by atoms with Crippen molar-refractivity contribution >= 4 is 5.71 Å². The summed E-state index contributed by atoms with van der Waals surface area (Å²) in [6.45, 7) is 0.803. The number of nitrogens with one attached hydrogen (secondary N) is 2. The Morgan fingerprint density at radius 2 is 1.22 bits per heavy atom. The number of nitrogens with zero attached hydrogens (tertiary/aromatic N) is 1. The van der Waals surface area contributed by atoms with E-state index in [0.29, 0.717) is 0 Å². The first kappa shape index (κ1) is 28.6. The highest BCUT2D eigenvalue weighted by molar-refractivity contribution is 6.10. The van der Waals surface area contributed by atoms with E-state index in [1.807, 2.05) is 6.07 Å². The van der Waals surface area contributed by atoms with Gasteiger partial charge in [-0.2, -0.15) is 0 Å². The minimum absolute atomic E-state index is 0.184. The molecule has 0 bridgehead atoms. The summed E-state index contributed by atoms with van der Waals surface area (Å²) in [5.74, 6) is 1.80. The molecule has 6 aromatic carbocycles. The molecule has 1 unspecified atom stereocenters. The topological polar surface area (TPSA) is 45.6 Å². The van der Waals surface area contributed by atoms with Crippen molar-refractivity contribution in [2.24, 2.45) is 4.99 Å². The average Bonchev–Trinajstić information content (AvgIpc) is 3.49. The Labute approximate surface area is 291 Å². The van der Waals surface area contributed by atoms with E-state index >= 15 is 0 Å². The SMILES string of the molecule is C1=CCNC(C2=CC(c3ccc(-c4ccc5c(c4)C4(c6ccccc6O5)c5ccccc5-c5ccccc54)cc3)=NC(c3ccccc3)N2)=C1. The van der Waals surface area contributed by atoms with Crippen molar-refractivity contribution in [1.29, 1.82) is 0 Å². The Morgan fingerprint density at radius 1 is 0.580 bits per heavy atom. The molecule has 1 aliphatic carbocycles. The van der Waals surface area contributed by atoms with E-state index < -0.39 is 5.41 Å². The molecular formula is C46H33N3O. The second-order valence-corrected chi connectivity index (χ2v) is 13.1. The lowest BCUT2D eigenvalue weighted by molar-refractivity contribution is 0.436. The van der Waals surface area contributed by atoms with Crippen molar-refractivity contribution < 1.29 is 4.74 Å². The molecule has 2 N–H and O–H groups in total. The van der Waals surface area contributed by atoms with Gasteiger partial charge in [-0.1, -0.05) is 140 Å². The van der Waals surface area contributed by atoms with Crippen LogP contribution in [0.5, 0.6) is 11.5 Å². The maximum atomic E-state index is 6.65. The van der Waals surface area contributed by atoms with Gasteiger partial charge in [-0.15, -0.1) is 0 Å². The lowest BCUT2D eigenvalue weighted by Gasteiger charge is -2.39. The summed E-state index contributed by atoms with van der Waals surface area (Å²) in [5, 5.41) is 7.15. The standard InChI is InChI=1S/C46H33N3O/c1-2-12-32(13-3-1)45-48-41(29-42(49-45)40-19-10-11-27-47-40)31-23-21-30(22-24-31)33-25-26-44-39(28-33)46(38-18-8-9-20-43(38)50-44)36-16-6-4-14-34(36)35-15-5-7-17-37(35)46/h1-26,28-29,45,47,49H,27H2. The largest absolute Gasteiger partial charge is 0.457 e. The Kier molecular flexibility index (Phi) is 6.50. The zero-order valence-corrected chi connectivity index (χ0v) is 27.3. The second kappa shape index (κ2) is 11.4. The van der Waals surface area contributed by atoms with E-state index in [2.05, 4.69) is 174 Å². The van der Waals surface area contributed by atoms with Gasteiger partial charge in [-0.25, -0.2) is 0 Å². The van der Waals surface area contributed by atoms with Crippen LogP contribution >= 0.6 is 0 Å². The molecule has 0 saturated carbocycles. The summed E-state index contributed by atoms with van der Waals surface area (Å²) in [6, 6.07) is 52.2. The highest BCUT2D eigenvalue weighted by Crippen LogP contribution is 2.62. The average molecular weight is 644 g/mol. The fourth-order valence-electron chi connectivity index (χ4n) is 8.16. The van der Waals surface area contributed by atoms with Crippen molar-refractivity contribution in [3.8, 4) is 33.8 Å². The Morgan fingerprint density at radius 3 is 1.96 bits per heavy atom. The summed E-state index contributed by atoms with van der Waals surface area (Å²) in [7, 11) is 0. The number of aliphatic imine (C=N–C) groups is 1. The zero-order chi connectivity index (χ0) is 33.1. The van der Waals surface area contributed by atoms with Crippen molar-refractivity contribution in [3.63, 3.8) is 0 Å². The van der Waals surface area contributed by atoms with Gasteiger partial charge >= 0.3 is 0 Å². The maximum Gasteiger partial charge on any atom is 0.145 e. The van der Waals surface area contributed by atoms with Crippen LogP contribution in [0.25, 0.3) is 22.3 Å². The van der Waals surface area contributed by atoms with E-state index in [-0.39, 0.29) is 6.17 Å². The molecule has 1 spiro atoms. The molecule has 0 saturated heterocycles. The molecule has 238 valence electrons. The van der Waals surface area contributed by atoms with Gasteiger partial charge in [-0.05, 0) is 74.9 Å². The van der Waals surface area contributed by atoms with E-state index in [1.54, 1.807) is 0 Å². The molecule has 3 aliphatic heterocycles. The van der Waals surface area contributed by atoms with Crippen LogP contribution in [0.2, 0.25) is 0 Å². The summed E-state index contributed by atoms with van der Waals surface area (Å²) in [4.78, 5) is 5.18. The predicted molar refractivity (Wildman–Crippen MR) is 201 cm³/mol. The van der Waals surface area contributed by atoms with Crippen LogP contribution in [-0.2, 0) is 5.41 Å². The number of allylic oxidation sites excluding steroid dienone is 3. The van der Waals surface area contributed by atoms with Crippen LogP contribution in [-0.4, -0.2) is 12.3 Å². The predicted octanol–water partition coefficient (Wildman–Crippen LogP) is 9.84. The molecule has 0 fully saturated rings. The molecule has 4 heteroatoms. The number of benzene rings is 6. The van der Waals surface area contributed by atoms with Gasteiger partial charge in [-0.3, -0.25) is 4.99 Å². The third kappa shape index (κ3) is 4.35. The van der Waals surface area contributed by atoms with Crippen LogP contribution in [0, 0.1) is 0 Å². The van der Waals surface area contributed by atoms with Crippen LogP contribution in [0.4, 0.5) is 0 Å². The molecule has 0 amide bonds.